The fourth-order valence-corrected chi connectivity index (χ4v) is 4.60. The van der Waals surface area contributed by atoms with E-state index in [1.807, 2.05) is 0 Å². The summed E-state index contributed by atoms with van der Waals surface area (Å²) in [7, 11) is 0. The summed E-state index contributed by atoms with van der Waals surface area (Å²) in [6, 6.07) is 0.388. The Bertz CT molecular complexity index is 336. The minimum Gasteiger partial charge on any atom is -0.342 e. The lowest BCUT2D eigenvalue weighted by Gasteiger charge is -2.41. The zero-order chi connectivity index (χ0) is 13.9. The standard InChI is InChI=1S/C17H30N2O/c18-16-7-5-13(6-8-16)11-17(20)19-10-9-14-3-1-2-4-15(14)12-19/h13-16H,1-12,18H2. The second-order valence-corrected chi connectivity index (χ2v) is 7.42. The van der Waals surface area contributed by atoms with E-state index in [9.17, 15) is 4.79 Å². The van der Waals surface area contributed by atoms with Crippen LogP contribution in [0.5, 0.6) is 0 Å². The van der Waals surface area contributed by atoms with E-state index >= 15 is 0 Å². The van der Waals surface area contributed by atoms with Crippen LogP contribution in [0.15, 0.2) is 0 Å². The molecule has 3 aliphatic rings. The highest BCUT2D eigenvalue weighted by atomic mass is 16.2. The van der Waals surface area contributed by atoms with Gasteiger partial charge < -0.3 is 10.6 Å². The number of hydrogen-bond donors (Lipinski definition) is 1. The summed E-state index contributed by atoms with van der Waals surface area (Å²) < 4.78 is 0. The molecule has 0 bridgehead atoms. The largest absolute Gasteiger partial charge is 0.342 e. The van der Waals surface area contributed by atoms with Gasteiger partial charge in [0.2, 0.25) is 5.91 Å². The van der Waals surface area contributed by atoms with Gasteiger partial charge in [0.1, 0.15) is 0 Å². The van der Waals surface area contributed by atoms with Crippen LogP contribution in [0.25, 0.3) is 0 Å². The maximum Gasteiger partial charge on any atom is 0.222 e. The SMILES string of the molecule is NC1CCC(CC(=O)N2CCC3CCCCC3C2)CC1. The summed E-state index contributed by atoms with van der Waals surface area (Å²) in [4.78, 5) is 14.7. The first kappa shape index (κ1) is 14.4. The first-order valence-electron chi connectivity index (χ1n) is 8.75. The molecule has 114 valence electrons. The van der Waals surface area contributed by atoms with Gasteiger partial charge in [-0.25, -0.2) is 0 Å². The summed E-state index contributed by atoms with van der Waals surface area (Å²) in [5.41, 5.74) is 5.95. The predicted molar refractivity (Wildman–Crippen MR) is 81.2 cm³/mol. The van der Waals surface area contributed by atoms with Crippen molar-refractivity contribution in [3.05, 3.63) is 0 Å². The number of nitrogens with zero attached hydrogens (tertiary/aromatic N) is 1. The number of amides is 1. The van der Waals surface area contributed by atoms with Crippen LogP contribution in [0.2, 0.25) is 0 Å². The van der Waals surface area contributed by atoms with Crippen LogP contribution < -0.4 is 5.73 Å². The van der Waals surface area contributed by atoms with Gasteiger partial charge >= 0.3 is 0 Å². The molecule has 2 N–H and O–H groups in total. The molecule has 1 amide bonds. The molecule has 2 aliphatic carbocycles. The van der Waals surface area contributed by atoms with Gasteiger partial charge in [-0.05, 0) is 56.3 Å². The normalized spacial score (nSPS) is 38.4. The second kappa shape index (κ2) is 6.46. The lowest BCUT2D eigenvalue weighted by molar-refractivity contribution is -0.135. The van der Waals surface area contributed by atoms with Crippen molar-refractivity contribution >= 4 is 5.91 Å². The van der Waals surface area contributed by atoms with Gasteiger partial charge in [-0.3, -0.25) is 4.79 Å². The van der Waals surface area contributed by atoms with Crippen molar-refractivity contribution in [2.45, 2.75) is 70.3 Å². The lowest BCUT2D eigenvalue weighted by Crippen LogP contribution is -2.45. The fourth-order valence-electron chi connectivity index (χ4n) is 4.60. The van der Waals surface area contributed by atoms with E-state index in [1.54, 1.807) is 0 Å². The van der Waals surface area contributed by atoms with E-state index in [-0.39, 0.29) is 0 Å². The third-order valence-corrected chi connectivity index (χ3v) is 6.00. The first-order chi connectivity index (χ1) is 9.72. The van der Waals surface area contributed by atoms with Gasteiger partial charge in [-0.2, -0.15) is 0 Å². The first-order valence-corrected chi connectivity index (χ1v) is 8.75. The molecule has 2 saturated carbocycles. The monoisotopic (exact) mass is 278 g/mol. The molecule has 2 atom stereocenters. The van der Waals surface area contributed by atoms with Crippen LogP contribution in [0, 0.1) is 17.8 Å². The number of rotatable bonds is 2. The predicted octanol–water partition coefficient (Wildman–Crippen LogP) is 2.93. The summed E-state index contributed by atoms with van der Waals surface area (Å²) in [5.74, 6) is 2.75. The van der Waals surface area contributed by atoms with Gasteiger partial charge in [0, 0.05) is 25.6 Å². The Balaban J connectivity index is 1.47. The minimum absolute atomic E-state index is 0.388. The quantitative estimate of drug-likeness (QED) is 0.844. The lowest BCUT2D eigenvalue weighted by atomic mass is 9.75. The van der Waals surface area contributed by atoms with Crippen molar-refractivity contribution in [1.29, 1.82) is 0 Å². The molecule has 20 heavy (non-hydrogen) atoms. The van der Waals surface area contributed by atoms with Crippen LogP contribution in [-0.2, 0) is 4.79 Å². The molecule has 3 heteroatoms. The maximum atomic E-state index is 12.5. The number of nitrogens with two attached hydrogens (primary N) is 1. The molecule has 0 spiro atoms. The Morgan fingerprint density at radius 2 is 1.65 bits per heavy atom. The smallest absolute Gasteiger partial charge is 0.222 e. The summed E-state index contributed by atoms with van der Waals surface area (Å²) >= 11 is 0. The molecule has 0 aromatic rings. The Hall–Kier alpha value is -0.570. The van der Waals surface area contributed by atoms with E-state index in [2.05, 4.69) is 4.90 Å². The second-order valence-electron chi connectivity index (χ2n) is 7.42. The molecular formula is C17H30N2O. The van der Waals surface area contributed by atoms with E-state index < -0.39 is 0 Å². The fraction of sp³-hybridized carbons (Fsp3) is 0.941. The average Bonchev–Trinajstić information content (AvgIpc) is 2.49. The molecule has 2 unspecified atom stereocenters. The van der Waals surface area contributed by atoms with Crippen molar-refractivity contribution in [3.8, 4) is 0 Å². The topological polar surface area (TPSA) is 46.3 Å². The van der Waals surface area contributed by atoms with Crippen LogP contribution in [-0.4, -0.2) is 29.9 Å². The minimum atomic E-state index is 0.388. The molecule has 0 aromatic carbocycles. The summed E-state index contributed by atoms with van der Waals surface area (Å²) in [6.07, 6.45) is 12.1. The number of carbonyl (C=O) groups is 1. The number of fused-ring (bicyclic) bond motifs is 1. The van der Waals surface area contributed by atoms with Gasteiger partial charge in [-0.1, -0.05) is 19.3 Å². The van der Waals surface area contributed by atoms with Crippen LogP contribution >= 0.6 is 0 Å². The molecule has 0 radical (unpaired) electrons. The molecule has 1 heterocycles. The van der Waals surface area contributed by atoms with Crippen LogP contribution in [0.1, 0.15) is 64.2 Å². The zero-order valence-corrected chi connectivity index (χ0v) is 12.7. The van der Waals surface area contributed by atoms with Gasteiger partial charge in [-0.15, -0.1) is 0 Å². The van der Waals surface area contributed by atoms with Crippen molar-refractivity contribution < 1.29 is 4.79 Å². The van der Waals surface area contributed by atoms with Crippen LogP contribution in [0.3, 0.4) is 0 Å². The third kappa shape index (κ3) is 3.36. The van der Waals surface area contributed by atoms with Crippen LogP contribution in [0.4, 0.5) is 0 Å². The molecule has 0 aromatic heterocycles. The Labute approximate surface area is 123 Å². The highest BCUT2D eigenvalue weighted by Gasteiger charge is 2.33. The summed E-state index contributed by atoms with van der Waals surface area (Å²) in [5, 5.41) is 0. The third-order valence-electron chi connectivity index (χ3n) is 6.00. The number of hydrogen-bond acceptors (Lipinski definition) is 2. The molecule has 3 fully saturated rings. The van der Waals surface area contributed by atoms with Crippen molar-refractivity contribution in [2.75, 3.05) is 13.1 Å². The van der Waals surface area contributed by atoms with Crippen molar-refractivity contribution in [2.24, 2.45) is 23.5 Å². The zero-order valence-electron chi connectivity index (χ0n) is 12.7. The van der Waals surface area contributed by atoms with Gasteiger partial charge in [0.05, 0.1) is 0 Å². The van der Waals surface area contributed by atoms with E-state index in [4.69, 9.17) is 5.73 Å². The van der Waals surface area contributed by atoms with Crippen molar-refractivity contribution in [1.82, 2.24) is 4.90 Å². The maximum absolute atomic E-state index is 12.5. The van der Waals surface area contributed by atoms with E-state index in [1.165, 1.54) is 32.1 Å². The summed E-state index contributed by atoms with van der Waals surface area (Å²) in [6.45, 7) is 2.07. The highest BCUT2D eigenvalue weighted by Crippen LogP contribution is 2.36. The van der Waals surface area contributed by atoms with Gasteiger partial charge in [0.25, 0.3) is 0 Å². The van der Waals surface area contributed by atoms with E-state index in [0.717, 1.165) is 57.0 Å². The number of piperidine rings is 1. The number of likely N-dealkylation sites (tertiary alicyclic amines) is 1. The Morgan fingerprint density at radius 1 is 0.950 bits per heavy atom. The Kier molecular flexibility index (Phi) is 4.65. The molecule has 3 nitrogen and oxygen atoms in total. The molecule has 1 aliphatic heterocycles. The van der Waals surface area contributed by atoms with E-state index in [0.29, 0.717) is 17.9 Å². The number of carbonyl (C=O) groups excluding carboxylic acids is 1. The highest BCUT2D eigenvalue weighted by molar-refractivity contribution is 5.76. The molecule has 3 rings (SSSR count). The molecular weight excluding hydrogens is 248 g/mol. The van der Waals surface area contributed by atoms with Crippen molar-refractivity contribution in [3.63, 3.8) is 0 Å². The Morgan fingerprint density at radius 3 is 2.40 bits per heavy atom. The van der Waals surface area contributed by atoms with Gasteiger partial charge in [0.15, 0.2) is 0 Å². The molecule has 1 saturated heterocycles. The average molecular weight is 278 g/mol.